The lowest BCUT2D eigenvalue weighted by molar-refractivity contribution is -0.0610. The van der Waals surface area contributed by atoms with Crippen molar-refractivity contribution in [3.05, 3.63) is 70.3 Å². The van der Waals surface area contributed by atoms with Crippen molar-refractivity contribution in [3.63, 3.8) is 0 Å². The van der Waals surface area contributed by atoms with Gasteiger partial charge in [0.15, 0.2) is 0 Å². The molecule has 3 fully saturated rings. The number of halogens is 1. The summed E-state index contributed by atoms with van der Waals surface area (Å²) in [4.78, 5) is 19.8. The molecule has 4 aliphatic rings. The first-order chi connectivity index (χ1) is 24.3. The van der Waals surface area contributed by atoms with Gasteiger partial charge in [-0.05, 0) is 98.9 Å². The maximum absolute atomic E-state index is 12.5. The highest BCUT2D eigenvalue weighted by Gasteiger charge is 2.42. The van der Waals surface area contributed by atoms with Gasteiger partial charge in [0.25, 0.3) is 0 Å². The summed E-state index contributed by atoms with van der Waals surface area (Å²) in [6.07, 6.45) is 11.1. The number of nitrogens with one attached hydrogen (secondary N) is 1. The number of benzene rings is 2. The van der Waals surface area contributed by atoms with Crippen molar-refractivity contribution in [2.24, 2.45) is 17.8 Å². The van der Waals surface area contributed by atoms with Crippen molar-refractivity contribution >= 4 is 34.6 Å². The Morgan fingerprint density at radius 2 is 1.94 bits per heavy atom. The number of fused-ring (bicyclic) bond motifs is 2. The van der Waals surface area contributed by atoms with Gasteiger partial charge in [-0.15, -0.1) is 0 Å². The van der Waals surface area contributed by atoms with E-state index < -0.39 is 11.0 Å². The molecular formula is C40H57ClN4O4S. The molecule has 50 heavy (non-hydrogen) atoms. The number of aldehydes is 1. The van der Waals surface area contributed by atoms with Crippen LogP contribution in [0.1, 0.15) is 73.9 Å². The van der Waals surface area contributed by atoms with Crippen LogP contribution < -0.4 is 14.4 Å². The molecule has 0 aromatic heterocycles. The summed E-state index contributed by atoms with van der Waals surface area (Å²) in [6.45, 7) is 14.7. The average molecular weight is 725 g/mol. The van der Waals surface area contributed by atoms with Crippen LogP contribution in [0, 0.1) is 17.8 Å². The fourth-order valence-electron chi connectivity index (χ4n) is 8.56. The van der Waals surface area contributed by atoms with E-state index >= 15 is 0 Å². The molecule has 0 radical (unpaired) electrons. The Bertz CT molecular complexity index is 1510. The second-order valence-electron chi connectivity index (χ2n) is 15.0. The van der Waals surface area contributed by atoms with Gasteiger partial charge in [0.2, 0.25) is 0 Å². The van der Waals surface area contributed by atoms with Gasteiger partial charge in [0, 0.05) is 73.1 Å². The molecule has 10 heteroatoms. The molecule has 274 valence electrons. The van der Waals surface area contributed by atoms with E-state index in [2.05, 4.69) is 64.5 Å². The van der Waals surface area contributed by atoms with Crippen LogP contribution in [0.25, 0.3) is 0 Å². The summed E-state index contributed by atoms with van der Waals surface area (Å²) in [5, 5.41) is 0.856. The number of hydrogen-bond donors (Lipinski definition) is 1. The Morgan fingerprint density at radius 1 is 1.08 bits per heavy atom. The Hall–Kier alpha value is -2.27. The molecule has 1 saturated carbocycles. The first kappa shape index (κ1) is 37.5. The largest absolute Gasteiger partial charge is 0.491 e. The molecule has 2 aromatic rings. The molecule has 3 heterocycles. The Morgan fingerprint density at radius 3 is 2.70 bits per heavy atom. The number of piperazine rings is 1. The van der Waals surface area contributed by atoms with Gasteiger partial charge in [-0.1, -0.05) is 50.1 Å². The predicted octanol–water partition coefficient (Wildman–Crippen LogP) is 6.35. The van der Waals surface area contributed by atoms with E-state index in [1.54, 1.807) is 7.05 Å². The van der Waals surface area contributed by atoms with Crippen LogP contribution in [0.15, 0.2) is 48.6 Å². The number of carbonyl (C=O) groups excluding carboxylic acids is 1. The van der Waals surface area contributed by atoms with E-state index in [9.17, 15) is 9.00 Å². The number of nitrogens with zero attached hydrogens (tertiary/aromatic N) is 3. The van der Waals surface area contributed by atoms with E-state index in [0.29, 0.717) is 42.0 Å². The smallest absolute Gasteiger partial charge is 0.150 e. The van der Waals surface area contributed by atoms with E-state index in [4.69, 9.17) is 21.1 Å². The molecule has 1 aliphatic carbocycles. The van der Waals surface area contributed by atoms with Gasteiger partial charge >= 0.3 is 0 Å². The quantitative estimate of drug-likeness (QED) is 0.180. The number of ether oxygens (including phenoxy) is 2. The third-order valence-corrected chi connectivity index (χ3v) is 13.6. The molecule has 8 atom stereocenters. The summed E-state index contributed by atoms with van der Waals surface area (Å²) in [7, 11) is 0.735. The molecule has 8 unspecified atom stereocenters. The second kappa shape index (κ2) is 17.5. The second-order valence-corrected chi connectivity index (χ2v) is 17.1. The van der Waals surface area contributed by atoms with Crippen molar-refractivity contribution in [3.8, 4) is 5.75 Å². The number of allylic oxidation sites excluding steroid dienone is 1. The molecule has 6 rings (SSSR count). The molecule has 0 bridgehead atoms. The van der Waals surface area contributed by atoms with Gasteiger partial charge in [0.05, 0.1) is 36.5 Å². The molecule has 2 aromatic carbocycles. The molecule has 0 spiro atoms. The van der Waals surface area contributed by atoms with Crippen molar-refractivity contribution in [1.82, 2.24) is 14.5 Å². The van der Waals surface area contributed by atoms with Crippen LogP contribution in [-0.2, 0) is 22.1 Å². The van der Waals surface area contributed by atoms with Crippen LogP contribution in [0.5, 0.6) is 5.75 Å². The van der Waals surface area contributed by atoms with Crippen LogP contribution in [0.4, 0.5) is 5.69 Å². The van der Waals surface area contributed by atoms with Gasteiger partial charge in [0.1, 0.15) is 12.0 Å². The lowest BCUT2D eigenvalue weighted by Gasteiger charge is -2.51. The van der Waals surface area contributed by atoms with Gasteiger partial charge in [-0.3, -0.25) is 14.6 Å². The number of anilines is 1. The van der Waals surface area contributed by atoms with E-state index in [1.165, 1.54) is 24.0 Å². The van der Waals surface area contributed by atoms with Gasteiger partial charge in [-0.2, -0.15) is 0 Å². The summed E-state index contributed by atoms with van der Waals surface area (Å²) < 4.78 is 27.9. The SMILES string of the molecule is CCCc1cc(Cl)ccc1C1COc2ccc(C=O)cc2N(CC2CCC2C(/C=C/CC(C)C(C)S(=O)NC)N2CCN3CCOCC3C2)C1. The van der Waals surface area contributed by atoms with Crippen LogP contribution >= 0.6 is 11.6 Å². The Labute approximate surface area is 307 Å². The van der Waals surface area contributed by atoms with Crippen molar-refractivity contribution in [2.45, 2.75) is 76.1 Å². The van der Waals surface area contributed by atoms with Gasteiger partial charge in [-0.25, -0.2) is 8.93 Å². The maximum Gasteiger partial charge on any atom is 0.150 e. The van der Waals surface area contributed by atoms with Crippen molar-refractivity contribution in [1.29, 1.82) is 0 Å². The minimum atomic E-state index is -1.04. The summed E-state index contributed by atoms with van der Waals surface area (Å²) >= 11 is 6.48. The van der Waals surface area contributed by atoms with Crippen molar-refractivity contribution in [2.75, 3.05) is 71.0 Å². The number of morpholine rings is 1. The first-order valence-corrected chi connectivity index (χ1v) is 20.4. The average Bonchev–Trinajstić information content (AvgIpc) is 3.31. The fourth-order valence-corrected chi connectivity index (χ4v) is 9.66. The van der Waals surface area contributed by atoms with Gasteiger partial charge < -0.3 is 14.4 Å². The standard InChI is InChI=1S/C40H57ClN4O4S/c1-5-7-31-21-34(41)12-14-36(31)33-23-45(39-20-30(25-46)10-15-40(39)49-26-33)22-32-11-13-37(32)38(9-6-8-28(2)29(3)50(47)42-4)44-17-16-43-18-19-48-27-35(43)24-44/h6,9-10,12,14-15,20-21,25,28-29,32-33,35,37-38,42H,5,7-8,11,13,16-19,22-24,26-27H2,1-4H3/b9-6+. The third-order valence-electron chi connectivity index (χ3n) is 11.8. The lowest BCUT2D eigenvalue weighted by Crippen LogP contribution is -2.61. The lowest BCUT2D eigenvalue weighted by atomic mass is 9.68. The summed E-state index contributed by atoms with van der Waals surface area (Å²) in [6, 6.07) is 13.0. The van der Waals surface area contributed by atoms with Crippen molar-refractivity contribution < 1.29 is 18.5 Å². The van der Waals surface area contributed by atoms with Crippen LogP contribution in [0.2, 0.25) is 5.02 Å². The first-order valence-electron chi connectivity index (χ1n) is 18.8. The summed E-state index contributed by atoms with van der Waals surface area (Å²) in [5.74, 6) is 2.37. The zero-order valence-electron chi connectivity index (χ0n) is 30.4. The molecule has 1 N–H and O–H groups in total. The minimum absolute atomic E-state index is 0.0792. The predicted molar refractivity (Wildman–Crippen MR) is 205 cm³/mol. The zero-order valence-corrected chi connectivity index (χ0v) is 32.0. The van der Waals surface area contributed by atoms with E-state index in [0.717, 1.165) is 94.5 Å². The Kier molecular flexibility index (Phi) is 13.1. The molecular weight excluding hydrogens is 668 g/mol. The monoisotopic (exact) mass is 724 g/mol. The molecule has 0 amide bonds. The molecule has 2 saturated heterocycles. The third kappa shape index (κ3) is 8.67. The fraction of sp³-hybridized carbons (Fsp3) is 0.625. The maximum atomic E-state index is 12.5. The van der Waals surface area contributed by atoms with E-state index in [1.807, 2.05) is 24.3 Å². The number of aryl methyl sites for hydroxylation is 1. The number of carbonyl (C=O) groups is 1. The van der Waals surface area contributed by atoms with Crippen LogP contribution in [0.3, 0.4) is 0 Å². The molecule has 8 nitrogen and oxygen atoms in total. The molecule has 3 aliphatic heterocycles. The highest BCUT2D eigenvalue weighted by molar-refractivity contribution is 7.83. The normalized spacial score (nSPS) is 26.9. The number of rotatable bonds is 14. The minimum Gasteiger partial charge on any atom is -0.491 e. The van der Waals surface area contributed by atoms with E-state index in [-0.39, 0.29) is 11.2 Å². The number of hydrogen-bond acceptors (Lipinski definition) is 7. The summed E-state index contributed by atoms with van der Waals surface area (Å²) in [5.41, 5.74) is 4.31. The Balaban J connectivity index is 1.26. The highest BCUT2D eigenvalue weighted by atomic mass is 35.5. The topological polar surface area (TPSA) is 74.4 Å². The van der Waals surface area contributed by atoms with Crippen LogP contribution in [-0.4, -0.2) is 104 Å². The highest BCUT2D eigenvalue weighted by Crippen LogP contribution is 2.44. The zero-order chi connectivity index (χ0) is 35.2.